The molecule has 1 heterocycles. The molecule has 4 rings (SSSR count). The van der Waals surface area contributed by atoms with Crippen molar-refractivity contribution in [1.82, 2.24) is 4.90 Å². The highest BCUT2D eigenvalue weighted by Gasteiger charge is 2.46. The van der Waals surface area contributed by atoms with E-state index >= 15 is 0 Å². The maximum atomic E-state index is 13.3. The molecule has 3 aromatic rings. The van der Waals surface area contributed by atoms with Gasteiger partial charge in [0.15, 0.2) is 11.5 Å². The van der Waals surface area contributed by atoms with Crippen LogP contribution < -0.4 is 9.47 Å². The minimum absolute atomic E-state index is 0.0325. The molecule has 0 spiro atoms. The lowest BCUT2D eigenvalue weighted by molar-refractivity contribution is -0.139. The first-order chi connectivity index (χ1) is 17.9. The average molecular weight is 520 g/mol. The normalized spacial score (nSPS) is 16.7. The number of rotatable bonds is 10. The second-order valence-corrected chi connectivity index (χ2v) is 9.16. The number of ether oxygens (including phenoxy) is 2. The van der Waals surface area contributed by atoms with Crippen LogP contribution in [0.3, 0.4) is 0 Å². The molecule has 0 aliphatic carbocycles. The van der Waals surface area contributed by atoms with Crippen molar-refractivity contribution in [3.8, 4) is 11.5 Å². The van der Waals surface area contributed by atoms with Crippen molar-refractivity contribution in [3.63, 3.8) is 0 Å². The van der Waals surface area contributed by atoms with Gasteiger partial charge in [0.25, 0.3) is 11.7 Å². The van der Waals surface area contributed by atoms with Gasteiger partial charge >= 0.3 is 0 Å². The first-order valence-corrected chi connectivity index (χ1v) is 12.8. The molecule has 192 valence electrons. The van der Waals surface area contributed by atoms with E-state index in [1.807, 2.05) is 50.2 Å². The molecule has 1 aliphatic heterocycles. The Morgan fingerprint density at radius 3 is 2.35 bits per heavy atom. The average Bonchev–Trinajstić information content (AvgIpc) is 3.17. The molecule has 1 fully saturated rings. The van der Waals surface area contributed by atoms with E-state index in [0.717, 1.165) is 12.0 Å². The quantitative estimate of drug-likeness (QED) is 0.196. The van der Waals surface area contributed by atoms with Gasteiger partial charge in [0.05, 0.1) is 24.8 Å². The van der Waals surface area contributed by atoms with Gasteiger partial charge in [-0.1, -0.05) is 54.9 Å². The van der Waals surface area contributed by atoms with Crippen molar-refractivity contribution >= 4 is 29.1 Å². The molecule has 1 N–H and O–H groups in total. The number of carbonyl (C=O) groups is 2. The van der Waals surface area contributed by atoms with Crippen molar-refractivity contribution in [3.05, 3.63) is 100 Å². The minimum atomic E-state index is -0.793. The Balaban J connectivity index is 1.81. The molecule has 7 heteroatoms. The number of hydrogen-bond acceptors (Lipinski definition) is 5. The Morgan fingerprint density at radius 2 is 1.68 bits per heavy atom. The number of aliphatic hydroxyl groups is 1. The molecule has 37 heavy (non-hydrogen) atoms. The van der Waals surface area contributed by atoms with Gasteiger partial charge in [-0.25, -0.2) is 0 Å². The Labute approximate surface area is 222 Å². The van der Waals surface area contributed by atoms with Crippen LogP contribution >= 0.6 is 11.6 Å². The molecule has 3 aromatic carbocycles. The van der Waals surface area contributed by atoms with Crippen LogP contribution in [-0.2, 0) is 16.0 Å². The fourth-order valence-electron chi connectivity index (χ4n) is 4.41. The van der Waals surface area contributed by atoms with Gasteiger partial charge in [-0.3, -0.25) is 9.59 Å². The van der Waals surface area contributed by atoms with E-state index in [-0.39, 0.29) is 11.3 Å². The first-order valence-electron chi connectivity index (χ1n) is 12.4. The molecular weight excluding hydrogens is 490 g/mol. The Kier molecular flexibility index (Phi) is 8.51. The van der Waals surface area contributed by atoms with Gasteiger partial charge < -0.3 is 19.5 Å². The zero-order valence-corrected chi connectivity index (χ0v) is 21.7. The van der Waals surface area contributed by atoms with Crippen LogP contribution in [-0.4, -0.2) is 41.5 Å². The highest BCUT2D eigenvalue weighted by Crippen LogP contribution is 2.42. The number of halogens is 1. The number of hydrogen-bond donors (Lipinski definition) is 1. The highest BCUT2D eigenvalue weighted by atomic mass is 35.5. The molecule has 0 radical (unpaired) electrons. The Morgan fingerprint density at radius 1 is 0.946 bits per heavy atom. The van der Waals surface area contributed by atoms with Crippen LogP contribution in [0.5, 0.6) is 11.5 Å². The Hall–Kier alpha value is -3.77. The van der Waals surface area contributed by atoms with E-state index < -0.39 is 17.7 Å². The second kappa shape index (κ2) is 12.0. The van der Waals surface area contributed by atoms with E-state index in [4.69, 9.17) is 21.1 Å². The largest absolute Gasteiger partial charge is 0.507 e. The number of aliphatic hydroxyl groups excluding tert-OH is 1. The first kappa shape index (κ1) is 26.3. The van der Waals surface area contributed by atoms with E-state index in [1.165, 1.54) is 4.90 Å². The van der Waals surface area contributed by atoms with E-state index in [1.54, 1.807) is 36.4 Å². The lowest BCUT2D eigenvalue weighted by Crippen LogP contribution is -2.31. The van der Waals surface area contributed by atoms with Gasteiger partial charge in [-0.2, -0.15) is 0 Å². The molecule has 1 unspecified atom stereocenters. The van der Waals surface area contributed by atoms with Crippen LogP contribution in [0.1, 0.15) is 43.0 Å². The summed E-state index contributed by atoms with van der Waals surface area (Å²) in [4.78, 5) is 28.1. The van der Waals surface area contributed by atoms with Gasteiger partial charge in [0, 0.05) is 17.1 Å². The summed E-state index contributed by atoms with van der Waals surface area (Å²) in [5.74, 6) is -0.512. The molecule has 0 saturated carbocycles. The lowest BCUT2D eigenvalue weighted by Gasteiger charge is -2.26. The van der Waals surface area contributed by atoms with E-state index in [9.17, 15) is 14.7 Å². The predicted octanol–water partition coefficient (Wildman–Crippen LogP) is 6.19. The summed E-state index contributed by atoms with van der Waals surface area (Å²) in [7, 11) is 0. The summed E-state index contributed by atoms with van der Waals surface area (Å²) in [5.41, 5.74) is 2.13. The summed E-state index contributed by atoms with van der Waals surface area (Å²) >= 11 is 6.02. The summed E-state index contributed by atoms with van der Waals surface area (Å²) in [6.45, 7) is 5.15. The lowest BCUT2D eigenvalue weighted by atomic mass is 9.95. The SMILES string of the molecule is CCCOc1ccc(C2C(=C(O)c3ccc(Cl)cc3)C(=O)C(=O)N2CCc2ccccc2)cc1OCC. The zero-order valence-electron chi connectivity index (χ0n) is 20.9. The van der Waals surface area contributed by atoms with Crippen LogP contribution in [0.2, 0.25) is 5.02 Å². The maximum absolute atomic E-state index is 13.3. The van der Waals surface area contributed by atoms with E-state index in [0.29, 0.717) is 53.8 Å². The number of ketones is 1. The second-order valence-electron chi connectivity index (χ2n) is 8.72. The Bertz CT molecular complexity index is 1290. The molecule has 1 amide bonds. The van der Waals surface area contributed by atoms with Crippen molar-refractivity contribution in [2.24, 2.45) is 0 Å². The van der Waals surface area contributed by atoms with Crippen molar-refractivity contribution in [2.45, 2.75) is 32.7 Å². The third kappa shape index (κ3) is 5.81. The minimum Gasteiger partial charge on any atom is -0.507 e. The van der Waals surface area contributed by atoms with Crippen molar-refractivity contribution < 1.29 is 24.2 Å². The third-order valence-electron chi connectivity index (χ3n) is 6.19. The number of amides is 1. The summed E-state index contributed by atoms with van der Waals surface area (Å²) < 4.78 is 11.7. The molecular formula is C30H30ClNO5. The molecule has 6 nitrogen and oxygen atoms in total. The molecule has 0 bridgehead atoms. The number of likely N-dealkylation sites (tertiary alicyclic amines) is 1. The molecule has 0 aromatic heterocycles. The smallest absolute Gasteiger partial charge is 0.295 e. The third-order valence-corrected chi connectivity index (χ3v) is 6.44. The van der Waals surface area contributed by atoms with Crippen LogP contribution in [0.15, 0.2) is 78.4 Å². The van der Waals surface area contributed by atoms with Crippen LogP contribution in [0, 0.1) is 0 Å². The van der Waals surface area contributed by atoms with E-state index in [2.05, 4.69) is 0 Å². The summed E-state index contributed by atoms with van der Waals surface area (Å²) in [5, 5.41) is 11.8. The van der Waals surface area contributed by atoms with Gasteiger partial charge in [0.2, 0.25) is 0 Å². The molecule has 1 aliphatic rings. The number of carbonyl (C=O) groups excluding carboxylic acids is 2. The number of Topliss-reactive ketones (excluding diaryl/α,β-unsaturated/α-hetero) is 1. The van der Waals surface area contributed by atoms with Crippen LogP contribution in [0.4, 0.5) is 0 Å². The monoisotopic (exact) mass is 519 g/mol. The topological polar surface area (TPSA) is 76.1 Å². The fraction of sp³-hybridized carbons (Fsp3) is 0.267. The van der Waals surface area contributed by atoms with Crippen molar-refractivity contribution in [1.29, 1.82) is 0 Å². The molecule has 1 saturated heterocycles. The van der Waals surface area contributed by atoms with Crippen LogP contribution in [0.25, 0.3) is 5.76 Å². The summed E-state index contributed by atoms with van der Waals surface area (Å²) in [6.07, 6.45) is 1.40. The number of benzene rings is 3. The summed E-state index contributed by atoms with van der Waals surface area (Å²) in [6, 6.07) is 20.9. The van der Waals surface area contributed by atoms with Gasteiger partial charge in [-0.05, 0) is 67.3 Å². The fourth-order valence-corrected chi connectivity index (χ4v) is 4.53. The highest BCUT2D eigenvalue weighted by molar-refractivity contribution is 6.46. The molecule has 1 atom stereocenters. The number of nitrogens with zero attached hydrogens (tertiary/aromatic N) is 1. The van der Waals surface area contributed by atoms with Gasteiger partial charge in [0.1, 0.15) is 5.76 Å². The predicted molar refractivity (Wildman–Crippen MR) is 144 cm³/mol. The van der Waals surface area contributed by atoms with Gasteiger partial charge in [-0.15, -0.1) is 0 Å². The maximum Gasteiger partial charge on any atom is 0.295 e. The zero-order chi connectivity index (χ0) is 26.4. The van der Waals surface area contributed by atoms with Crippen molar-refractivity contribution in [2.75, 3.05) is 19.8 Å². The standard InChI is InChI=1S/C30H30ClNO5/c1-3-18-37-24-15-12-22(19-25(24)36-4-2)27-26(28(33)21-10-13-23(31)14-11-21)29(34)30(35)32(27)17-16-20-8-6-5-7-9-20/h5-15,19,27,33H,3-4,16-18H2,1-2H3.